The second kappa shape index (κ2) is 4.95. The number of carbonyl (C=O) groups is 2. The van der Waals surface area contributed by atoms with Gasteiger partial charge in [0.25, 0.3) is 0 Å². The minimum atomic E-state index is -0.885. The van der Waals surface area contributed by atoms with Gasteiger partial charge in [0.15, 0.2) is 0 Å². The highest BCUT2D eigenvalue weighted by Crippen LogP contribution is 2.04. The second-order valence-corrected chi connectivity index (χ2v) is 3.63. The summed E-state index contributed by atoms with van der Waals surface area (Å²) in [6.45, 7) is 2.64. The number of aliphatic carboxylic acids is 1. The van der Waals surface area contributed by atoms with Gasteiger partial charge in [-0.3, -0.25) is 9.59 Å². The molecule has 1 saturated heterocycles. The molecule has 80 valence electrons. The van der Waals surface area contributed by atoms with Gasteiger partial charge < -0.3 is 15.7 Å². The summed E-state index contributed by atoms with van der Waals surface area (Å²) in [5.41, 5.74) is 0. The van der Waals surface area contributed by atoms with Gasteiger partial charge in [0, 0.05) is 6.54 Å². The molecule has 1 amide bonds. The van der Waals surface area contributed by atoms with Crippen LogP contribution in [0.5, 0.6) is 0 Å². The maximum atomic E-state index is 11.4. The first kappa shape index (κ1) is 11.0. The van der Waals surface area contributed by atoms with E-state index in [0.29, 0.717) is 0 Å². The van der Waals surface area contributed by atoms with Crippen LogP contribution in [0, 0.1) is 5.92 Å². The van der Waals surface area contributed by atoms with Crippen molar-refractivity contribution in [3.8, 4) is 0 Å². The summed E-state index contributed by atoms with van der Waals surface area (Å²) in [4.78, 5) is 21.9. The molecule has 1 aliphatic heterocycles. The van der Waals surface area contributed by atoms with E-state index in [0.717, 1.165) is 19.4 Å². The SMILES string of the molecule is CC(CNC(=O)[C@H]1CCCN1)C(=O)O. The normalized spacial score (nSPS) is 23.1. The van der Waals surface area contributed by atoms with Crippen molar-refractivity contribution in [1.82, 2.24) is 10.6 Å². The third-order valence-corrected chi connectivity index (χ3v) is 2.38. The van der Waals surface area contributed by atoms with Gasteiger partial charge in [0.2, 0.25) is 5.91 Å². The molecule has 0 aromatic carbocycles. The number of carboxylic acids is 1. The molecule has 1 aliphatic rings. The van der Waals surface area contributed by atoms with E-state index in [-0.39, 0.29) is 18.5 Å². The summed E-state index contributed by atoms with van der Waals surface area (Å²) in [5, 5.41) is 14.3. The minimum Gasteiger partial charge on any atom is -0.481 e. The second-order valence-electron chi connectivity index (χ2n) is 3.63. The average Bonchev–Trinajstić information content (AvgIpc) is 2.66. The minimum absolute atomic E-state index is 0.0874. The molecule has 0 spiro atoms. The molecule has 3 N–H and O–H groups in total. The Balaban J connectivity index is 2.23. The van der Waals surface area contributed by atoms with E-state index in [1.165, 1.54) is 0 Å². The Bertz CT molecular complexity index is 224. The van der Waals surface area contributed by atoms with E-state index >= 15 is 0 Å². The van der Waals surface area contributed by atoms with Crippen molar-refractivity contribution in [2.75, 3.05) is 13.1 Å². The summed E-state index contributed by atoms with van der Waals surface area (Å²) < 4.78 is 0. The Labute approximate surface area is 82.9 Å². The van der Waals surface area contributed by atoms with E-state index < -0.39 is 11.9 Å². The molecule has 0 aromatic rings. The van der Waals surface area contributed by atoms with Crippen LogP contribution in [0.25, 0.3) is 0 Å². The van der Waals surface area contributed by atoms with Gasteiger partial charge in [-0.15, -0.1) is 0 Å². The van der Waals surface area contributed by atoms with Gasteiger partial charge in [0.05, 0.1) is 12.0 Å². The molecule has 0 saturated carbocycles. The van der Waals surface area contributed by atoms with Gasteiger partial charge in [-0.05, 0) is 19.4 Å². The zero-order valence-electron chi connectivity index (χ0n) is 8.25. The van der Waals surface area contributed by atoms with Crippen LogP contribution >= 0.6 is 0 Å². The number of nitrogens with one attached hydrogen (secondary N) is 2. The first-order valence-corrected chi connectivity index (χ1v) is 4.85. The summed E-state index contributed by atoms with van der Waals surface area (Å²) in [7, 11) is 0. The Morgan fingerprint density at radius 1 is 1.64 bits per heavy atom. The highest BCUT2D eigenvalue weighted by Gasteiger charge is 2.22. The molecule has 1 rings (SSSR count). The quantitative estimate of drug-likeness (QED) is 0.575. The van der Waals surface area contributed by atoms with E-state index in [1.54, 1.807) is 6.92 Å². The lowest BCUT2D eigenvalue weighted by Gasteiger charge is -2.12. The zero-order chi connectivity index (χ0) is 10.6. The van der Waals surface area contributed by atoms with E-state index in [2.05, 4.69) is 10.6 Å². The molecule has 5 nitrogen and oxygen atoms in total. The lowest BCUT2D eigenvalue weighted by atomic mass is 10.1. The van der Waals surface area contributed by atoms with Crippen LogP contribution in [-0.4, -0.2) is 36.1 Å². The monoisotopic (exact) mass is 200 g/mol. The molecule has 0 aromatic heterocycles. The first-order valence-electron chi connectivity index (χ1n) is 4.85. The smallest absolute Gasteiger partial charge is 0.308 e. The van der Waals surface area contributed by atoms with Gasteiger partial charge in [-0.2, -0.15) is 0 Å². The maximum Gasteiger partial charge on any atom is 0.308 e. The molecular formula is C9H16N2O3. The maximum absolute atomic E-state index is 11.4. The van der Waals surface area contributed by atoms with Gasteiger partial charge in [-0.1, -0.05) is 6.92 Å². The average molecular weight is 200 g/mol. The van der Waals surface area contributed by atoms with Crippen molar-refractivity contribution in [2.24, 2.45) is 5.92 Å². The zero-order valence-corrected chi connectivity index (χ0v) is 8.25. The van der Waals surface area contributed by atoms with Gasteiger partial charge in [-0.25, -0.2) is 0 Å². The number of amides is 1. The van der Waals surface area contributed by atoms with Crippen LogP contribution in [0.4, 0.5) is 0 Å². The fourth-order valence-electron chi connectivity index (χ4n) is 1.37. The van der Waals surface area contributed by atoms with Crippen LogP contribution in [0.1, 0.15) is 19.8 Å². The molecule has 1 heterocycles. The predicted octanol–water partition coefficient (Wildman–Crippen LogP) is -0.425. The summed E-state index contributed by atoms with van der Waals surface area (Å²) in [5.74, 6) is -1.50. The molecule has 1 fully saturated rings. The fraction of sp³-hybridized carbons (Fsp3) is 0.778. The van der Waals surface area contributed by atoms with Crippen LogP contribution in [0.2, 0.25) is 0 Å². The molecule has 0 aliphatic carbocycles. The van der Waals surface area contributed by atoms with Crippen LogP contribution in [0.3, 0.4) is 0 Å². The molecule has 0 radical (unpaired) electrons. The van der Waals surface area contributed by atoms with Crippen molar-refractivity contribution in [2.45, 2.75) is 25.8 Å². The molecule has 1 unspecified atom stereocenters. The fourth-order valence-corrected chi connectivity index (χ4v) is 1.37. The van der Waals surface area contributed by atoms with E-state index in [4.69, 9.17) is 5.11 Å². The molecule has 0 bridgehead atoms. The topological polar surface area (TPSA) is 78.4 Å². The number of rotatable bonds is 4. The van der Waals surface area contributed by atoms with Crippen molar-refractivity contribution in [3.63, 3.8) is 0 Å². The Kier molecular flexibility index (Phi) is 3.88. The van der Waals surface area contributed by atoms with Gasteiger partial charge >= 0.3 is 5.97 Å². The third kappa shape index (κ3) is 2.99. The molecule has 5 heteroatoms. The highest BCUT2D eigenvalue weighted by molar-refractivity contribution is 5.82. The third-order valence-electron chi connectivity index (χ3n) is 2.38. The number of carbonyl (C=O) groups excluding carboxylic acids is 1. The predicted molar refractivity (Wildman–Crippen MR) is 50.8 cm³/mol. The molecular weight excluding hydrogens is 184 g/mol. The highest BCUT2D eigenvalue weighted by atomic mass is 16.4. The van der Waals surface area contributed by atoms with Crippen molar-refractivity contribution >= 4 is 11.9 Å². The standard InChI is InChI=1S/C9H16N2O3/c1-6(9(13)14)5-11-8(12)7-3-2-4-10-7/h6-7,10H,2-5H2,1H3,(H,11,12)(H,13,14)/t6?,7-/m1/s1. The number of carboxylic acid groups (broad SMARTS) is 1. The Hall–Kier alpha value is -1.10. The number of hydrogen-bond acceptors (Lipinski definition) is 3. The Morgan fingerprint density at radius 2 is 2.36 bits per heavy atom. The first-order chi connectivity index (χ1) is 6.61. The summed E-state index contributed by atoms with van der Waals surface area (Å²) in [6.07, 6.45) is 1.85. The molecule has 2 atom stereocenters. The molecule has 14 heavy (non-hydrogen) atoms. The van der Waals surface area contributed by atoms with Crippen LogP contribution in [0.15, 0.2) is 0 Å². The van der Waals surface area contributed by atoms with E-state index in [9.17, 15) is 9.59 Å². The lowest BCUT2D eigenvalue weighted by Crippen LogP contribution is -2.42. The summed E-state index contributed by atoms with van der Waals surface area (Å²) >= 11 is 0. The largest absolute Gasteiger partial charge is 0.481 e. The lowest BCUT2D eigenvalue weighted by molar-refractivity contribution is -0.141. The van der Waals surface area contributed by atoms with Crippen molar-refractivity contribution < 1.29 is 14.7 Å². The summed E-state index contributed by atoms with van der Waals surface area (Å²) in [6, 6.07) is -0.129. The van der Waals surface area contributed by atoms with E-state index in [1.807, 2.05) is 0 Å². The van der Waals surface area contributed by atoms with Crippen molar-refractivity contribution in [3.05, 3.63) is 0 Å². The number of hydrogen-bond donors (Lipinski definition) is 3. The van der Waals surface area contributed by atoms with Crippen LogP contribution in [-0.2, 0) is 9.59 Å². The van der Waals surface area contributed by atoms with Gasteiger partial charge in [0.1, 0.15) is 0 Å². The van der Waals surface area contributed by atoms with Crippen molar-refractivity contribution in [1.29, 1.82) is 0 Å². The van der Waals surface area contributed by atoms with Crippen LogP contribution < -0.4 is 10.6 Å². The Morgan fingerprint density at radius 3 is 2.86 bits per heavy atom.